The van der Waals surface area contributed by atoms with E-state index < -0.39 is 10.0 Å². The molecule has 1 aliphatic rings. The summed E-state index contributed by atoms with van der Waals surface area (Å²) in [5.41, 5.74) is 0. The highest BCUT2D eigenvalue weighted by atomic mass is 79.9. The molecular weight excluding hydrogens is 338 g/mol. The second-order valence-electron chi connectivity index (χ2n) is 4.42. The van der Waals surface area contributed by atoms with E-state index in [1.165, 1.54) is 0 Å². The molecule has 1 fully saturated rings. The van der Waals surface area contributed by atoms with Gasteiger partial charge in [0.15, 0.2) is 0 Å². The zero-order chi connectivity index (χ0) is 13.3. The zero-order valence-electron chi connectivity index (χ0n) is 10.1. The summed E-state index contributed by atoms with van der Waals surface area (Å²) in [5, 5.41) is 0.270. The molecule has 0 saturated heterocycles. The first kappa shape index (κ1) is 14.3. The molecule has 0 N–H and O–H groups in total. The minimum absolute atomic E-state index is 0.162. The lowest BCUT2D eigenvalue weighted by Gasteiger charge is -2.21. The molecule has 1 saturated carbocycles. The van der Waals surface area contributed by atoms with Gasteiger partial charge in [-0.1, -0.05) is 34.5 Å². The predicted octanol–water partition coefficient (Wildman–Crippen LogP) is 3.67. The predicted molar refractivity (Wildman–Crippen MR) is 76.4 cm³/mol. The molecule has 0 bridgehead atoms. The van der Waals surface area contributed by atoms with Gasteiger partial charge < -0.3 is 0 Å². The molecule has 100 valence electrons. The molecule has 0 atom stereocenters. The van der Waals surface area contributed by atoms with Crippen LogP contribution in [0.3, 0.4) is 0 Å². The molecule has 0 unspecified atom stereocenters. The van der Waals surface area contributed by atoms with Crippen molar-refractivity contribution in [3.8, 4) is 0 Å². The Kier molecular flexibility index (Phi) is 4.36. The highest BCUT2D eigenvalue weighted by molar-refractivity contribution is 9.10. The Morgan fingerprint density at radius 3 is 2.61 bits per heavy atom. The Hall–Kier alpha value is -0.100. The van der Waals surface area contributed by atoms with Gasteiger partial charge >= 0.3 is 0 Å². The monoisotopic (exact) mass is 351 g/mol. The van der Waals surface area contributed by atoms with Gasteiger partial charge in [-0.25, -0.2) is 8.42 Å². The second kappa shape index (κ2) is 5.49. The standard InChI is InChI=1S/C12H15BrClNO2S/c1-2-7-15(10-4-5-10)18(16,17)12-6-3-9(13)8-11(12)14/h3,6,8,10H,2,4-5,7H2,1H3. The molecule has 0 heterocycles. The van der Waals surface area contributed by atoms with Crippen LogP contribution in [0.15, 0.2) is 27.6 Å². The fraction of sp³-hybridized carbons (Fsp3) is 0.500. The van der Waals surface area contributed by atoms with Gasteiger partial charge in [0.2, 0.25) is 10.0 Å². The van der Waals surface area contributed by atoms with Crippen LogP contribution in [0, 0.1) is 0 Å². The third-order valence-corrected chi connectivity index (χ3v) is 5.81. The molecule has 0 amide bonds. The summed E-state index contributed by atoms with van der Waals surface area (Å²) < 4.78 is 27.5. The van der Waals surface area contributed by atoms with Crippen LogP contribution in [0.25, 0.3) is 0 Å². The lowest BCUT2D eigenvalue weighted by molar-refractivity contribution is 0.403. The second-order valence-corrected chi connectivity index (χ2v) is 7.60. The maximum Gasteiger partial charge on any atom is 0.244 e. The Labute approximate surface area is 121 Å². The molecule has 6 heteroatoms. The Morgan fingerprint density at radius 2 is 2.11 bits per heavy atom. The number of nitrogens with zero attached hydrogens (tertiary/aromatic N) is 1. The van der Waals surface area contributed by atoms with Gasteiger partial charge in [0.05, 0.1) is 5.02 Å². The molecule has 1 aliphatic carbocycles. The summed E-state index contributed by atoms with van der Waals surface area (Å²) in [7, 11) is -3.47. The van der Waals surface area contributed by atoms with Gasteiger partial charge in [-0.15, -0.1) is 0 Å². The number of benzene rings is 1. The van der Waals surface area contributed by atoms with Crippen LogP contribution in [0.5, 0.6) is 0 Å². The third kappa shape index (κ3) is 2.90. The highest BCUT2D eigenvalue weighted by Gasteiger charge is 2.38. The number of rotatable bonds is 5. The molecule has 1 aromatic rings. The smallest absolute Gasteiger partial charge is 0.207 e. The van der Waals surface area contributed by atoms with Crippen molar-refractivity contribution in [2.24, 2.45) is 0 Å². The maximum atomic E-state index is 12.6. The highest BCUT2D eigenvalue weighted by Crippen LogP contribution is 2.35. The lowest BCUT2D eigenvalue weighted by Crippen LogP contribution is -2.34. The third-order valence-electron chi connectivity index (χ3n) is 2.88. The van der Waals surface area contributed by atoms with Gasteiger partial charge in [0.1, 0.15) is 4.90 Å². The van der Waals surface area contributed by atoms with Crippen molar-refractivity contribution in [1.29, 1.82) is 0 Å². The molecular formula is C12H15BrClNO2S. The first-order chi connectivity index (χ1) is 8.46. The molecule has 18 heavy (non-hydrogen) atoms. The molecule has 0 aromatic heterocycles. The van der Waals surface area contributed by atoms with Crippen LogP contribution in [0.4, 0.5) is 0 Å². The number of halogens is 2. The van der Waals surface area contributed by atoms with Crippen molar-refractivity contribution in [1.82, 2.24) is 4.31 Å². The Balaban J connectivity index is 2.39. The van der Waals surface area contributed by atoms with Crippen LogP contribution < -0.4 is 0 Å². The van der Waals surface area contributed by atoms with Crippen molar-refractivity contribution >= 4 is 37.6 Å². The quantitative estimate of drug-likeness (QED) is 0.811. The average Bonchev–Trinajstić information content (AvgIpc) is 3.08. The summed E-state index contributed by atoms with van der Waals surface area (Å²) in [6, 6.07) is 5.04. The summed E-state index contributed by atoms with van der Waals surface area (Å²) in [6.45, 7) is 2.54. The summed E-state index contributed by atoms with van der Waals surface area (Å²) in [4.78, 5) is 0.202. The molecule has 0 spiro atoms. The van der Waals surface area contributed by atoms with Gasteiger partial charge in [-0.2, -0.15) is 4.31 Å². The van der Waals surface area contributed by atoms with Crippen LogP contribution in [0.2, 0.25) is 5.02 Å². The number of sulfonamides is 1. The minimum Gasteiger partial charge on any atom is -0.207 e. The van der Waals surface area contributed by atoms with Gasteiger partial charge in [-0.05, 0) is 37.5 Å². The molecule has 3 nitrogen and oxygen atoms in total. The first-order valence-electron chi connectivity index (χ1n) is 5.93. The molecule has 0 radical (unpaired) electrons. The van der Waals surface area contributed by atoms with Crippen LogP contribution in [-0.2, 0) is 10.0 Å². The topological polar surface area (TPSA) is 37.4 Å². The van der Waals surface area contributed by atoms with Crippen LogP contribution in [0.1, 0.15) is 26.2 Å². The van der Waals surface area contributed by atoms with Gasteiger partial charge in [0, 0.05) is 17.1 Å². The van der Waals surface area contributed by atoms with E-state index in [-0.39, 0.29) is 16.0 Å². The van der Waals surface area contributed by atoms with Crippen molar-refractivity contribution in [2.45, 2.75) is 37.1 Å². The Bertz CT molecular complexity index is 543. The molecule has 0 aliphatic heterocycles. The fourth-order valence-corrected chi connectivity index (χ4v) is 4.68. The van der Waals surface area contributed by atoms with Crippen LogP contribution >= 0.6 is 27.5 Å². The Morgan fingerprint density at radius 1 is 1.44 bits per heavy atom. The maximum absolute atomic E-state index is 12.6. The van der Waals surface area contributed by atoms with E-state index >= 15 is 0 Å². The normalized spacial score (nSPS) is 16.2. The van der Waals surface area contributed by atoms with Crippen molar-refractivity contribution in [3.63, 3.8) is 0 Å². The van der Waals surface area contributed by atoms with E-state index in [1.807, 2.05) is 6.92 Å². The van der Waals surface area contributed by atoms with E-state index in [9.17, 15) is 8.42 Å². The van der Waals surface area contributed by atoms with E-state index in [2.05, 4.69) is 15.9 Å². The summed E-state index contributed by atoms with van der Waals surface area (Å²) in [6.07, 6.45) is 2.71. The molecule has 1 aromatic carbocycles. The van der Waals surface area contributed by atoms with E-state index in [4.69, 9.17) is 11.6 Å². The van der Waals surface area contributed by atoms with E-state index in [0.29, 0.717) is 6.54 Å². The largest absolute Gasteiger partial charge is 0.244 e. The van der Waals surface area contributed by atoms with Crippen LogP contribution in [-0.4, -0.2) is 25.3 Å². The summed E-state index contributed by atoms with van der Waals surface area (Å²) >= 11 is 9.33. The first-order valence-corrected chi connectivity index (χ1v) is 8.55. The lowest BCUT2D eigenvalue weighted by atomic mass is 10.4. The van der Waals surface area contributed by atoms with Gasteiger partial charge in [0.25, 0.3) is 0 Å². The van der Waals surface area contributed by atoms with Crippen molar-refractivity contribution in [2.75, 3.05) is 6.54 Å². The zero-order valence-corrected chi connectivity index (χ0v) is 13.2. The fourth-order valence-electron chi connectivity index (χ4n) is 1.89. The average molecular weight is 353 g/mol. The summed E-state index contributed by atoms with van der Waals surface area (Å²) in [5.74, 6) is 0. The minimum atomic E-state index is -3.47. The number of hydrogen-bond donors (Lipinski definition) is 0. The molecule has 2 rings (SSSR count). The van der Waals surface area contributed by atoms with E-state index in [0.717, 1.165) is 23.7 Å². The number of hydrogen-bond acceptors (Lipinski definition) is 2. The SMILES string of the molecule is CCCN(C1CC1)S(=O)(=O)c1ccc(Br)cc1Cl. The van der Waals surface area contributed by atoms with Gasteiger partial charge in [-0.3, -0.25) is 0 Å². The van der Waals surface area contributed by atoms with E-state index in [1.54, 1.807) is 22.5 Å². The van der Waals surface area contributed by atoms with Crippen molar-refractivity contribution < 1.29 is 8.42 Å². The van der Waals surface area contributed by atoms with Crippen molar-refractivity contribution in [3.05, 3.63) is 27.7 Å².